The van der Waals surface area contributed by atoms with Crippen LogP contribution in [0.5, 0.6) is 0 Å². The van der Waals surface area contributed by atoms with Crippen molar-refractivity contribution in [1.82, 2.24) is 9.78 Å². The van der Waals surface area contributed by atoms with Gasteiger partial charge in [0.1, 0.15) is 5.82 Å². The number of hydrogen-bond acceptors (Lipinski definition) is 5. The normalized spacial score (nSPS) is 21.3. The second-order valence-electron chi connectivity index (χ2n) is 4.52. The molecule has 1 aliphatic rings. The maximum atomic E-state index is 11.5. The van der Waals surface area contributed by atoms with Gasteiger partial charge in [0.05, 0.1) is 29.8 Å². The molecule has 0 aromatic carbocycles. The summed E-state index contributed by atoms with van der Waals surface area (Å²) in [5.41, 5.74) is 0.719. The third kappa shape index (κ3) is 3.25. The summed E-state index contributed by atoms with van der Waals surface area (Å²) >= 11 is 0. The summed E-state index contributed by atoms with van der Waals surface area (Å²) in [7, 11) is -2.99. The van der Waals surface area contributed by atoms with Crippen molar-refractivity contribution in [1.29, 1.82) is 0 Å². The molecule has 19 heavy (non-hydrogen) atoms. The van der Waals surface area contributed by atoms with Crippen molar-refractivity contribution in [3.8, 4) is 0 Å². The lowest BCUT2D eigenvalue weighted by atomic mass is 10.3. The van der Waals surface area contributed by atoms with Gasteiger partial charge in [-0.05, 0) is 20.3 Å². The number of nitrogens with zero attached hydrogens (tertiary/aromatic N) is 2. The predicted octanol–water partition coefficient (Wildman–Crippen LogP) is 1.12. The maximum absolute atomic E-state index is 11.5. The van der Waals surface area contributed by atoms with E-state index in [0.29, 0.717) is 12.2 Å². The van der Waals surface area contributed by atoms with Crippen molar-refractivity contribution in [2.24, 2.45) is 0 Å². The fraction of sp³-hybridized carbons (Fsp3) is 0.636. The van der Waals surface area contributed by atoms with Crippen molar-refractivity contribution in [3.05, 3.63) is 11.8 Å². The van der Waals surface area contributed by atoms with Gasteiger partial charge in [0, 0.05) is 6.07 Å². The van der Waals surface area contributed by atoms with Gasteiger partial charge in [0.2, 0.25) is 0 Å². The minimum absolute atomic E-state index is 0.0611. The number of anilines is 1. The average molecular weight is 287 g/mol. The summed E-state index contributed by atoms with van der Waals surface area (Å²) in [6, 6.07) is 1.47. The van der Waals surface area contributed by atoms with Crippen LogP contribution in [0.4, 0.5) is 10.6 Å². The molecule has 106 valence electrons. The summed E-state index contributed by atoms with van der Waals surface area (Å²) in [6.45, 7) is 3.78. The molecule has 0 saturated carbocycles. The lowest BCUT2D eigenvalue weighted by Gasteiger charge is -2.13. The molecule has 1 N–H and O–H groups in total. The minimum Gasteiger partial charge on any atom is -0.450 e. The number of carbonyl (C=O) groups excluding carboxylic acids is 1. The van der Waals surface area contributed by atoms with E-state index < -0.39 is 15.9 Å². The van der Waals surface area contributed by atoms with E-state index in [1.807, 2.05) is 0 Å². The first-order valence-electron chi connectivity index (χ1n) is 6.11. The monoisotopic (exact) mass is 287 g/mol. The van der Waals surface area contributed by atoms with E-state index >= 15 is 0 Å². The van der Waals surface area contributed by atoms with E-state index in [2.05, 4.69) is 10.4 Å². The Morgan fingerprint density at radius 1 is 1.63 bits per heavy atom. The van der Waals surface area contributed by atoms with Gasteiger partial charge in [-0.25, -0.2) is 17.9 Å². The third-order valence-corrected chi connectivity index (χ3v) is 4.67. The van der Waals surface area contributed by atoms with Crippen molar-refractivity contribution in [2.75, 3.05) is 23.4 Å². The number of nitrogens with one attached hydrogen (secondary N) is 1. The van der Waals surface area contributed by atoms with Crippen LogP contribution >= 0.6 is 0 Å². The molecule has 1 aliphatic heterocycles. The molecule has 1 aromatic heterocycles. The second kappa shape index (κ2) is 5.20. The number of sulfone groups is 1. The quantitative estimate of drug-likeness (QED) is 0.899. The number of hydrogen-bond donors (Lipinski definition) is 1. The van der Waals surface area contributed by atoms with Gasteiger partial charge in [0.25, 0.3) is 0 Å². The van der Waals surface area contributed by atoms with E-state index in [1.165, 1.54) is 0 Å². The SMILES string of the molecule is CCOC(=O)Nc1cc(C)nn1C1CCS(=O)(=O)C1. The van der Waals surface area contributed by atoms with Gasteiger partial charge in [-0.2, -0.15) is 5.10 Å². The first-order chi connectivity index (χ1) is 8.91. The largest absolute Gasteiger partial charge is 0.450 e. The van der Waals surface area contributed by atoms with Gasteiger partial charge in [0.15, 0.2) is 9.84 Å². The van der Waals surface area contributed by atoms with Gasteiger partial charge >= 0.3 is 6.09 Å². The summed E-state index contributed by atoms with van der Waals surface area (Å²) in [4.78, 5) is 11.4. The Balaban J connectivity index is 2.19. The minimum atomic E-state index is -2.99. The Morgan fingerprint density at radius 3 is 2.95 bits per heavy atom. The topological polar surface area (TPSA) is 90.3 Å². The molecular weight excluding hydrogens is 270 g/mol. The summed E-state index contributed by atoms with van der Waals surface area (Å²) in [5, 5.41) is 6.83. The predicted molar refractivity (Wildman–Crippen MR) is 69.9 cm³/mol. The Morgan fingerprint density at radius 2 is 2.37 bits per heavy atom. The zero-order valence-corrected chi connectivity index (χ0v) is 11.7. The van der Waals surface area contributed by atoms with Crippen LogP contribution in [-0.4, -0.2) is 42.4 Å². The fourth-order valence-electron chi connectivity index (χ4n) is 2.13. The molecule has 0 bridgehead atoms. The van der Waals surface area contributed by atoms with Crippen molar-refractivity contribution in [3.63, 3.8) is 0 Å². The number of amides is 1. The standard InChI is InChI=1S/C11H17N3O4S/c1-3-18-11(15)12-10-6-8(2)13-14(10)9-4-5-19(16,17)7-9/h6,9H,3-5,7H2,1-2H3,(H,12,15). The van der Waals surface area contributed by atoms with Crippen molar-refractivity contribution < 1.29 is 17.9 Å². The van der Waals surface area contributed by atoms with E-state index in [1.54, 1.807) is 24.6 Å². The molecule has 1 saturated heterocycles. The number of ether oxygens (including phenoxy) is 1. The Labute approximate surface area is 111 Å². The smallest absolute Gasteiger partial charge is 0.412 e. The second-order valence-corrected chi connectivity index (χ2v) is 6.75. The number of carbonyl (C=O) groups is 1. The molecule has 1 atom stereocenters. The van der Waals surface area contributed by atoms with Crippen molar-refractivity contribution >= 4 is 21.7 Å². The zero-order valence-electron chi connectivity index (χ0n) is 10.9. The Bertz CT molecular complexity index is 579. The molecular formula is C11H17N3O4S. The van der Waals surface area contributed by atoms with E-state index in [9.17, 15) is 13.2 Å². The molecule has 0 radical (unpaired) electrons. The van der Waals surface area contributed by atoms with Crippen LogP contribution in [0.25, 0.3) is 0 Å². The van der Waals surface area contributed by atoms with Crippen LogP contribution in [0.3, 0.4) is 0 Å². The summed E-state index contributed by atoms with van der Waals surface area (Å²) in [5.74, 6) is 0.694. The van der Waals surface area contributed by atoms with Gasteiger partial charge < -0.3 is 4.74 Å². The average Bonchev–Trinajstić information content (AvgIpc) is 2.82. The van der Waals surface area contributed by atoms with Gasteiger partial charge in [-0.1, -0.05) is 0 Å². The number of aryl methyl sites for hydroxylation is 1. The van der Waals surface area contributed by atoms with Crippen LogP contribution < -0.4 is 5.32 Å². The molecule has 2 rings (SSSR count). The first kappa shape index (κ1) is 13.9. The molecule has 0 aliphatic carbocycles. The van der Waals surface area contributed by atoms with E-state index in [4.69, 9.17) is 4.74 Å². The number of aromatic nitrogens is 2. The summed E-state index contributed by atoms with van der Waals surface area (Å²) in [6.07, 6.45) is -0.0504. The molecule has 2 heterocycles. The van der Waals surface area contributed by atoms with Gasteiger partial charge in [-0.15, -0.1) is 0 Å². The van der Waals surface area contributed by atoms with E-state index in [0.717, 1.165) is 5.69 Å². The fourth-order valence-corrected chi connectivity index (χ4v) is 3.82. The Hall–Kier alpha value is -1.57. The van der Waals surface area contributed by atoms with Gasteiger partial charge in [-0.3, -0.25) is 5.32 Å². The van der Waals surface area contributed by atoms with E-state index in [-0.39, 0.29) is 24.2 Å². The zero-order chi connectivity index (χ0) is 14.0. The lowest BCUT2D eigenvalue weighted by molar-refractivity contribution is 0.167. The van der Waals surface area contributed by atoms with Crippen LogP contribution in [0.2, 0.25) is 0 Å². The highest BCUT2D eigenvalue weighted by atomic mass is 32.2. The highest BCUT2D eigenvalue weighted by Crippen LogP contribution is 2.27. The highest BCUT2D eigenvalue weighted by Gasteiger charge is 2.31. The van der Waals surface area contributed by atoms with Crippen molar-refractivity contribution in [2.45, 2.75) is 26.3 Å². The Kier molecular flexibility index (Phi) is 3.79. The lowest BCUT2D eigenvalue weighted by Crippen LogP contribution is -2.20. The molecule has 8 heteroatoms. The molecule has 1 aromatic rings. The van der Waals surface area contributed by atoms with Crippen LogP contribution in [0.1, 0.15) is 25.1 Å². The number of rotatable bonds is 3. The van der Waals surface area contributed by atoms with Crippen LogP contribution in [0, 0.1) is 6.92 Å². The maximum Gasteiger partial charge on any atom is 0.412 e. The summed E-state index contributed by atoms with van der Waals surface area (Å²) < 4.78 is 29.4. The highest BCUT2D eigenvalue weighted by molar-refractivity contribution is 7.91. The van der Waals surface area contributed by atoms with Crippen LogP contribution in [0.15, 0.2) is 6.07 Å². The molecule has 0 spiro atoms. The molecule has 7 nitrogen and oxygen atoms in total. The van der Waals surface area contributed by atoms with Crippen LogP contribution in [-0.2, 0) is 14.6 Å². The molecule has 1 fully saturated rings. The third-order valence-electron chi connectivity index (χ3n) is 2.92. The molecule has 1 amide bonds. The first-order valence-corrected chi connectivity index (χ1v) is 7.94. The molecule has 1 unspecified atom stereocenters.